The van der Waals surface area contributed by atoms with E-state index in [0.29, 0.717) is 18.5 Å². The number of carbonyl (C=O) groups is 1. The summed E-state index contributed by atoms with van der Waals surface area (Å²) in [6, 6.07) is 6.92. The lowest BCUT2D eigenvalue weighted by Crippen LogP contribution is -2.29. The molecule has 0 radical (unpaired) electrons. The number of hydrogen-bond acceptors (Lipinski definition) is 3. The Balaban J connectivity index is 1.53. The van der Waals surface area contributed by atoms with Gasteiger partial charge in [-0.15, -0.1) is 0 Å². The molecule has 0 N–H and O–H groups in total. The Hall–Kier alpha value is -2.22. The van der Waals surface area contributed by atoms with Crippen LogP contribution < -0.4 is 0 Å². The fourth-order valence-corrected chi connectivity index (χ4v) is 4.70. The summed E-state index contributed by atoms with van der Waals surface area (Å²) in [7, 11) is 5.28. The van der Waals surface area contributed by atoms with Crippen LogP contribution in [-0.4, -0.2) is 52.4 Å². The highest BCUT2D eigenvalue weighted by atomic mass is 79.9. The molecule has 8 heteroatoms. The molecule has 0 unspecified atom stereocenters. The molecule has 0 fully saturated rings. The van der Waals surface area contributed by atoms with E-state index in [4.69, 9.17) is 11.6 Å². The average molecular weight is 506 g/mol. The number of aromatic nitrogens is 2. The van der Waals surface area contributed by atoms with Crippen LogP contribution >= 0.6 is 27.5 Å². The number of rotatable bonds is 4. The topological polar surface area (TPSA) is 41.4 Å². The number of carbonyl (C=O) groups excluding carboxylic acids is 1. The number of hydrogen-bond donors (Lipinski definition) is 0. The molecule has 31 heavy (non-hydrogen) atoms. The Kier molecular flexibility index (Phi) is 6.19. The van der Waals surface area contributed by atoms with Gasteiger partial charge >= 0.3 is 0 Å². The fraction of sp³-hybridized carbons (Fsp3) is 0.304. The van der Waals surface area contributed by atoms with Crippen molar-refractivity contribution in [1.82, 2.24) is 19.4 Å². The normalized spacial score (nSPS) is 14.7. The zero-order valence-electron chi connectivity index (χ0n) is 17.6. The number of aryl methyl sites for hydroxylation is 1. The molecule has 3 heterocycles. The van der Waals surface area contributed by atoms with Crippen LogP contribution in [0.15, 0.2) is 41.0 Å². The molecule has 4 rings (SSSR count). The van der Waals surface area contributed by atoms with Gasteiger partial charge in [-0.05, 0) is 52.2 Å². The third kappa shape index (κ3) is 4.27. The number of benzene rings is 1. The van der Waals surface area contributed by atoms with Gasteiger partial charge in [-0.25, -0.2) is 9.37 Å². The van der Waals surface area contributed by atoms with Crippen LogP contribution in [0.1, 0.15) is 28.0 Å². The van der Waals surface area contributed by atoms with E-state index >= 15 is 0 Å². The second-order valence-electron chi connectivity index (χ2n) is 7.95. The average Bonchev–Trinajstić information content (AvgIpc) is 3.05. The van der Waals surface area contributed by atoms with Gasteiger partial charge in [0.05, 0.1) is 5.02 Å². The summed E-state index contributed by atoms with van der Waals surface area (Å²) >= 11 is 9.97. The van der Waals surface area contributed by atoms with Crippen LogP contribution in [0, 0.1) is 5.82 Å². The lowest BCUT2D eigenvalue weighted by molar-refractivity contribution is 0.0827. The molecule has 0 aliphatic carbocycles. The van der Waals surface area contributed by atoms with Gasteiger partial charge < -0.3 is 9.47 Å². The predicted molar refractivity (Wildman–Crippen MR) is 126 cm³/mol. The van der Waals surface area contributed by atoms with Crippen molar-refractivity contribution >= 4 is 50.0 Å². The molecule has 162 valence electrons. The molecule has 0 saturated carbocycles. The van der Waals surface area contributed by atoms with E-state index in [1.54, 1.807) is 26.4 Å². The first-order valence-corrected chi connectivity index (χ1v) is 11.1. The zero-order chi connectivity index (χ0) is 22.3. The van der Waals surface area contributed by atoms with Gasteiger partial charge in [0.2, 0.25) is 0 Å². The maximum Gasteiger partial charge on any atom is 0.253 e. The number of amides is 1. The summed E-state index contributed by atoms with van der Waals surface area (Å²) in [6.45, 7) is 2.26. The van der Waals surface area contributed by atoms with Gasteiger partial charge in [0.15, 0.2) is 0 Å². The second kappa shape index (κ2) is 8.73. The Morgan fingerprint density at radius 3 is 2.71 bits per heavy atom. The van der Waals surface area contributed by atoms with E-state index in [0.717, 1.165) is 34.2 Å². The minimum atomic E-state index is -0.456. The molecule has 0 atom stereocenters. The van der Waals surface area contributed by atoms with E-state index in [1.165, 1.54) is 16.7 Å². The molecule has 2 aromatic heterocycles. The summed E-state index contributed by atoms with van der Waals surface area (Å²) in [4.78, 5) is 20.3. The first kappa shape index (κ1) is 22.0. The van der Waals surface area contributed by atoms with Crippen LogP contribution in [-0.2, 0) is 13.6 Å². The molecule has 5 nitrogen and oxygen atoms in total. The summed E-state index contributed by atoms with van der Waals surface area (Å²) < 4.78 is 18.0. The van der Waals surface area contributed by atoms with E-state index < -0.39 is 5.82 Å². The minimum Gasteiger partial charge on any atom is -0.345 e. The molecule has 3 aromatic rings. The van der Waals surface area contributed by atoms with E-state index in [-0.39, 0.29) is 16.5 Å². The van der Waals surface area contributed by atoms with Crippen LogP contribution in [0.4, 0.5) is 4.39 Å². The number of pyridine rings is 1. The molecule has 1 aromatic carbocycles. The van der Waals surface area contributed by atoms with Crippen LogP contribution in [0.25, 0.3) is 16.6 Å². The highest BCUT2D eigenvalue weighted by Crippen LogP contribution is 2.33. The van der Waals surface area contributed by atoms with Crippen molar-refractivity contribution in [2.24, 2.45) is 7.05 Å². The molecule has 0 saturated heterocycles. The summed E-state index contributed by atoms with van der Waals surface area (Å²) in [5, 5.41) is 1.36. The largest absolute Gasteiger partial charge is 0.345 e. The molecule has 1 aliphatic heterocycles. The van der Waals surface area contributed by atoms with Crippen molar-refractivity contribution in [3.63, 3.8) is 0 Å². The Morgan fingerprint density at radius 2 is 2.10 bits per heavy atom. The van der Waals surface area contributed by atoms with Gasteiger partial charge in [-0.3, -0.25) is 9.69 Å². The smallest absolute Gasteiger partial charge is 0.253 e. The third-order valence-electron chi connectivity index (χ3n) is 5.67. The summed E-state index contributed by atoms with van der Waals surface area (Å²) in [6.07, 6.45) is 4.50. The Morgan fingerprint density at radius 1 is 1.32 bits per heavy atom. The first-order valence-electron chi connectivity index (χ1n) is 9.97. The fourth-order valence-electron chi connectivity index (χ4n) is 3.96. The van der Waals surface area contributed by atoms with E-state index in [1.807, 2.05) is 19.2 Å². The lowest BCUT2D eigenvalue weighted by Gasteiger charge is -2.27. The Labute approximate surface area is 194 Å². The van der Waals surface area contributed by atoms with Crippen molar-refractivity contribution in [2.75, 3.05) is 27.2 Å². The van der Waals surface area contributed by atoms with Crippen molar-refractivity contribution in [3.05, 3.63) is 68.7 Å². The maximum atomic E-state index is 14.8. The second-order valence-corrected chi connectivity index (χ2v) is 9.22. The van der Waals surface area contributed by atoms with E-state index in [2.05, 4.69) is 36.4 Å². The molecular weight excluding hydrogens is 483 g/mol. The van der Waals surface area contributed by atoms with Crippen LogP contribution in [0.2, 0.25) is 5.02 Å². The highest BCUT2D eigenvalue weighted by molar-refractivity contribution is 9.10. The third-order valence-corrected chi connectivity index (χ3v) is 6.66. The summed E-state index contributed by atoms with van der Waals surface area (Å²) in [5.74, 6) is -0.728. The van der Waals surface area contributed by atoms with Crippen molar-refractivity contribution < 1.29 is 9.18 Å². The molecule has 0 bridgehead atoms. The van der Waals surface area contributed by atoms with Crippen molar-refractivity contribution in [1.29, 1.82) is 0 Å². The number of halogens is 3. The standard InChI is InChI=1S/C23H23BrClFN4O/c1-28(2)23(31)15-10-19(25)21(20(26)11-15)14-5-8-30(9-6-14)13-16-12-17-18(24)4-7-27-22(17)29(16)3/h4-5,7,10-12H,6,8-9,13H2,1-3H3. The number of nitrogens with zero attached hydrogens (tertiary/aromatic N) is 4. The van der Waals surface area contributed by atoms with Crippen LogP contribution in [0.5, 0.6) is 0 Å². The quantitative estimate of drug-likeness (QED) is 0.494. The van der Waals surface area contributed by atoms with Crippen LogP contribution in [0.3, 0.4) is 0 Å². The molecule has 1 aliphatic rings. The molecular formula is C23H23BrClFN4O. The van der Waals surface area contributed by atoms with Crippen molar-refractivity contribution in [2.45, 2.75) is 13.0 Å². The SMILES string of the molecule is CN(C)C(=O)c1cc(F)c(C2=CCN(Cc3cc4c(Br)ccnc4n3C)CC2)c(Cl)c1. The zero-order valence-corrected chi connectivity index (χ0v) is 20.0. The highest BCUT2D eigenvalue weighted by Gasteiger charge is 2.22. The maximum absolute atomic E-state index is 14.8. The lowest BCUT2D eigenvalue weighted by atomic mass is 9.97. The Bertz CT molecular complexity index is 1180. The summed E-state index contributed by atoms with van der Waals surface area (Å²) in [5.41, 5.74) is 3.64. The first-order chi connectivity index (χ1) is 14.8. The van der Waals surface area contributed by atoms with Crippen molar-refractivity contribution in [3.8, 4) is 0 Å². The monoisotopic (exact) mass is 504 g/mol. The van der Waals surface area contributed by atoms with E-state index in [9.17, 15) is 9.18 Å². The predicted octanol–water partition coefficient (Wildman–Crippen LogP) is 5.12. The minimum absolute atomic E-state index is 0.254. The van der Waals surface area contributed by atoms with Gasteiger partial charge in [-0.2, -0.15) is 0 Å². The molecule has 0 spiro atoms. The van der Waals surface area contributed by atoms with Gasteiger partial charge in [0.25, 0.3) is 5.91 Å². The van der Waals surface area contributed by atoms with Gasteiger partial charge in [-0.1, -0.05) is 17.7 Å². The number of fused-ring (bicyclic) bond motifs is 1. The van der Waals surface area contributed by atoms with Gasteiger partial charge in [0, 0.05) is 73.7 Å². The van der Waals surface area contributed by atoms with Gasteiger partial charge in [0.1, 0.15) is 11.5 Å². The molecule has 1 amide bonds.